The fourth-order valence-electron chi connectivity index (χ4n) is 2.43. The van der Waals surface area contributed by atoms with E-state index in [0.717, 1.165) is 51.4 Å². The van der Waals surface area contributed by atoms with Crippen molar-refractivity contribution in [2.24, 2.45) is 5.92 Å². The van der Waals surface area contributed by atoms with Crippen LogP contribution in [0.1, 0.15) is 45.6 Å². The highest BCUT2D eigenvalue weighted by Gasteiger charge is 2.26. The van der Waals surface area contributed by atoms with Crippen molar-refractivity contribution in [3.05, 3.63) is 29.8 Å². The molecule has 0 aromatic heterocycles. The van der Waals surface area contributed by atoms with Crippen LogP contribution in [0.25, 0.3) is 0 Å². The average Bonchev–Trinajstić information content (AvgIpc) is 2.47. The van der Waals surface area contributed by atoms with E-state index < -0.39 is 0 Å². The van der Waals surface area contributed by atoms with Crippen LogP contribution in [-0.2, 0) is 11.3 Å². The van der Waals surface area contributed by atoms with Gasteiger partial charge in [-0.1, -0.05) is 26.0 Å². The molecule has 1 aliphatic heterocycles. The molecule has 0 amide bonds. The van der Waals surface area contributed by atoms with Crippen LogP contribution in [0, 0.1) is 5.92 Å². The summed E-state index contributed by atoms with van der Waals surface area (Å²) in [6.45, 7) is 10.2. The van der Waals surface area contributed by atoms with Crippen molar-refractivity contribution in [2.75, 3.05) is 19.8 Å². The second-order valence-electron chi connectivity index (χ2n) is 6.70. The van der Waals surface area contributed by atoms with Crippen molar-refractivity contribution >= 4 is 0 Å². The van der Waals surface area contributed by atoms with E-state index >= 15 is 0 Å². The topological polar surface area (TPSA) is 30.5 Å². The summed E-state index contributed by atoms with van der Waals surface area (Å²) in [5.41, 5.74) is 1.52. The Balaban J connectivity index is 1.76. The number of ether oxygens (including phenoxy) is 2. The predicted octanol–water partition coefficient (Wildman–Crippen LogP) is 3.77. The maximum absolute atomic E-state index is 5.75. The van der Waals surface area contributed by atoms with Gasteiger partial charge in [0.2, 0.25) is 0 Å². The summed E-state index contributed by atoms with van der Waals surface area (Å²) in [6.07, 6.45) is 3.27. The molecule has 118 valence electrons. The minimum Gasteiger partial charge on any atom is -0.494 e. The first-order valence-electron chi connectivity index (χ1n) is 8.12. The Kier molecular flexibility index (Phi) is 6.07. The lowest BCUT2D eigenvalue weighted by molar-refractivity contribution is 0.0446. The molecule has 0 spiro atoms. The van der Waals surface area contributed by atoms with Crippen LogP contribution in [-0.4, -0.2) is 25.4 Å². The highest BCUT2D eigenvalue weighted by Crippen LogP contribution is 2.21. The number of hydrogen-bond acceptors (Lipinski definition) is 3. The number of nitrogens with one attached hydrogen (secondary N) is 1. The van der Waals surface area contributed by atoms with Crippen LogP contribution in [0.2, 0.25) is 0 Å². The van der Waals surface area contributed by atoms with E-state index in [1.54, 1.807) is 0 Å². The van der Waals surface area contributed by atoms with Crippen molar-refractivity contribution in [2.45, 2.75) is 52.1 Å². The molecule has 1 N–H and O–H groups in total. The zero-order valence-electron chi connectivity index (χ0n) is 13.7. The van der Waals surface area contributed by atoms with E-state index in [1.807, 2.05) is 0 Å². The third-order valence-corrected chi connectivity index (χ3v) is 4.20. The molecule has 1 saturated heterocycles. The Labute approximate surface area is 129 Å². The molecule has 1 fully saturated rings. The second kappa shape index (κ2) is 7.81. The zero-order chi connectivity index (χ0) is 15.1. The fraction of sp³-hybridized carbons (Fsp3) is 0.667. The summed E-state index contributed by atoms with van der Waals surface area (Å²) in [4.78, 5) is 0. The van der Waals surface area contributed by atoms with Gasteiger partial charge in [0.15, 0.2) is 0 Å². The number of hydrogen-bond donors (Lipinski definition) is 1. The molecule has 3 nitrogen and oxygen atoms in total. The lowest BCUT2D eigenvalue weighted by Gasteiger charge is -2.34. The van der Waals surface area contributed by atoms with Crippen molar-refractivity contribution < 1.29 is 9.47 Å². The third kappa shape index (κ3) is 5.68. The molecule has 0 aliphatic carbocycles. The van der Waals surface area contributed by atoms with Gasteiger partial charge in [0.1, 0.15) is 5.75 Å². The molecule has 3 heteroatoms. The van der Waals surface area contributed by atoms with Crippen molar-refractivity contribution in [3.63, 3.8) is 0 Å². The molecule has 0 saturated carbocycles. The quantitative estimate of drug-likeness (QED) is 0.829. The SMILES string of the molecule is CC(C)CCOc1ccc(CNC2(C)CCOCC2)cc1. The lowest BCUT2D eigenvalue weighted by Crippen LogP contribution is -2.46. The lowest BCUT2D eigenvalue weighted by atomic mass is 9.92. The second-order valence-corrected chi connectivity index (χ2v) is 6.70. The monoisotopic (exact) mass is 291 g/mol. The van der Waals surface area contributed by atoms with Gasteiger partial charge in [0.05, 0.1) is 6.61 Å². The van der Waals surface area contributed by atoms with E-state index in [-0.39, 0.29) is 5.54 Å². The summed E-state index contributed by atoms with van der Waals surface area (Å²) < 4.78 is 11.2. The molecule has 0 bridgehead atoms. The van der Waals surface area contributed by atoms with E-state index in [4.69, 9.17) is 9.47 Å². The third-order valence-electron chi connectivity index (χ3n) is 4.20. The van der Waals surface area contributed by atoms with Gasteiger partial charge in [-0.3, -0.25) is 0 Å². The molecule has 2 rings (SSSR count). The van der Waals surface area contributed by atoms with E-state index in [2.05, 4.69) is 50.4 Å². The van der Waals surface area contributed by atoms with Crippen LogP contribution < -0.4 is 10.1 Å². The normalized spacial score (nSPS) is 17.9. The average molecular weight is 291 g/mol. The highest BCUT2D eigenvalue weighted by atomic mass is 16.5. The Morgan fingerprint density at radius 1 is 1.19 bits per heavy atom. The molecule has 1 heterocycles. The highest BCUT2D eigenvalue weighted by molar-refractivity contribution is 5.27. The van der Waals surface area contributed by atoms with E-state index in [0.29, 0.717) is 5.92 Å². The molecule has 21 heavy (non-hydrogen) atoms. The van der Waals surface area contributed by atoms with Crippen molar-refractivity contribution in [1.82, 2.24) is 5.32 Å². The Hall–Kier alpha value is -1.06. The van der Waals surface area contributed by atoms with Gasteiger partial charge in [-0.15, -0.1) is 0 Å². The molecule has 1 aromatic rings. The molecule has 0 atom stereocenters. The van der Waals surface area contributed by atoms with Gasteiger partial charge in [-0.05, 0) is 49.8 Å². The first-order chi connectivity index (χ1) is 10.1. The van der Waals surface area contributed by atoms with Gasteiger partial charge in [0, 0.05) is 25.3 Å². The van der Waals surface area contributed by atoms with Crippen molar-refractivity contribution in [3.8, 4) is 5.75 Å². The van der Waals surface area contributed by atoms with Gasteiger partial charge < -0.3 is 14.8 Å². The molecule has 0 unspecified atom stereocenters. The minimum absolute atomic E-state index is 0.213. The van der Waals surface area contributed by atoms with Crippen LogP contribution in [0.4, 0.5) is 0 Å². The summed E-state index contributed by atoms with van der Waals surface area (Å²) in [5, 5.41) is 3.67. The minimum atomic E-state index is 0.213. The number of rotatable bonds is 7. The largest absolute Gasteiger partial charge is 0.494 e. The smallest absolute Gasteiger partial charge is 0.119 e. The van der Waals surface area contributed by atoms with E-state index in [1.165, 1.54) is 5.56 Å². The summed E-state index contributed by atoms with van der Waals surface area (Å²) >= 11 is 0. The van der Waals surface area contributed by atoms with Gasteiger partial charge in [-0.2, -0.15) is 0 Å². The molecular formula is C18H29NO2. The Morgan fingerprint density at radius 2 is 1.86 bits per heavy atom. The Bertz CT molecular complexity index is 408. The van der Waals surface area contributed by atoms with Crippen LogP contribution in [0.15, 0.2) is 24.3 Å². The zero-order valence-corrected chi connectivity index (χ0v) is 13.7. The molecule has 0 radical (unpaired) electrons. The maximum atomic E-state index is 5.75. The van der Waals surface area contributed by atoms with Crippen LogP contribution in [0.5, 0.6) is 5.75 Å². The first kappa shape index (κ1) is 16.3. The van der Waals surface area contributed by atoms with E-state index in [9.17, 15) is 0 Å². The van der Waals surface area contributed by atoms with Crippen molar-refractivity contribution in [1.29, 1.82) is 0 Å². The van der Waals surface area contributed by atoms with Gasteiger partial charge >= 0.3 is 0 Å². The molecule has 1 aromatic carbocycles. The van der Waals surface area contributed by atoms with Crippen LogP contribution >= 0.6 is 0 Å². The van der Waals surface area contributed by atoms with Crippen LogP contribution in [0.3, 0.4) is 0 Å². The summed E-state index contributed by atoms with van der Waals surface area (Å²) in [5.74, 6) is 1.66. The molecule has 1 aliphatic rings. The standard InChI is InChI=1S/C18H29NO2/c1-15(2)8-11-21-17-6-4-16(5-7-17)14-19-18(3)9-12-20-13-10-18/h4-7,15,19H,8-14H2,1-3H3. The fourth-order valence-corrected chi connectivity index (χ4v) is 2.43. The predicted molar refractivity (Wildman–Crippen MR) is 86.7 cm³/mol. The summed E-state index contributed by atoms with van der Waals surface area (Å²) in [7, 11) is 0. The summed E-state index contributed by atoms with van der Waals surface area (Å²) in [6, 6.07) is 8.45. The van der Waals surface area contributed by atoms with Gasteiger partial charge in [0.25, 0.3) is 0 Å². The first-order valence-corrected chi connectivity index (χ1v) is 8.12. The number of benzene rings is 1. The Morgan fingerprint density at radius 3 is 2.48 bits per heavy atom. The maximum Gasteiger partial charge on any atom is 0.119 e. The molecular weight excluding hydrogens is 262 g/mol. The van der Waals surface area contributed by atoms with Gasteiger partial charge in [-0.25, -0.2) is 0 Å².